The molecule has 0 fully saturated rings. The normalized spacial score (nSPS) is 17.2. The molecule has 0 aliphatic carbocycles. The highest BCUT2D eigenvalue weighted by atomic mass is 35.5. The highest BCUT2D eigenvalue weighted by molar-refractivity contribution is 6.30. The summed E-state index contributed by atoms with van der Waals surface area (Å²) < 4.78 is 9.89. The van der Waals surface area contributed by atoms with E-state index in [0.717, 1.165) is 0 Å². The van der Waals surface area contributed by atoms with Crippen LogP contribution in [0.3, 0.4) is 0 Å². The third-order valence-electron chi connectivity index (χ3n) is 2.26. The van der Waals surface area contributed by atoms with Crippen LogP contribution < -0.4 is 0 Å². The molecular weight excluding hydrogens is 262 g/mol. The second-order valence-corrected chi connectivity index (χ2v) is 4.01. The highest BCUT2D eigenvalue weighted by Crippen LogP contribution is 2.34. The molecule has 0 aromatic heterocycles. The summed E-state index contributed by atoms with van der Waals surface area (Å²) in [6.07, 6.45) is 0.104. The number of hydrogen-bond donors (Lipinski definition) is 0. The first-order valence-electron chi connectivity index (χ1n) is 4.97. The molecule has 94 valence electrons. The van der Waals surface area contributed by atoms with Gasteiger partial charge in [-0.05, 0) is 17.7 Å². The molecule has 1 aromatic rings. The molecule has 0 bridgehead atoms. The fourth-order valence-corrected chi connectivity index (χ4v) is 1.74. The summed E-state index contributed by atoms with van der Waals surface area (Å²) in [7, 11) is 0. The van der Waals surface area contributed by atoms with Crippen molar-refractivity contribution >= 4 is 23.6 Å². The van der Waals surface area contributed by atoms with Crippen LogP contribution in [0.5, 0.6) is 0 Å². The maximum absolute atomic E-state index is 11.0. The van der Waals surface area contributed by atoms with Gasteiger partial charge in [-0.1, -0.05) is 17.7 Å². The molecule has 2 rings (SSSR count). The van der Waals surface area contributed by atoms with Gasteiger partial charge in [0, 0.05) is 17.5 Å². The number of nitrogens with zero attached hydrogens (tertiary/aromatic N) is 1. The maximum atomic E-state index is 11.0. The van der Waals surface area contributed by atoms with E-state index in [9.17, 15) is 14.9 Å². The average molecular weight is 270 g/mol. The molecule has 0 unspecified atom stereocenters. The number of rotatable bonds is 2. The summed E-state index contributed by atoms with van der Waals surface area (Å²) in [6.45, 7) is 1.19. The lowest BCUT2D eigenvalue weighted by atomic mass is 10.1. The molecule has 1 atom stereocenters. The number of fused-ring (bicyclic) bond motifs is 1. The Bertz CT molecular complexity index is 554. The van der Waals surface area contributed by atoms with E-state index in [4.69, 9.17) is 21.1 Å². The van der Waals surface area contributed by atoms with Crippen molar-refractivity contribution in [1.29, 1.82) is 0 Å². The summed E-state index contributed by atoms with van der Waals surface area (Å²) in [6, 6.07) is 4.72. The number of halogens is 1. The van der Waals surface area contributed by atoms with Gasteiger partial charge in [0.15, 0.2) is 0 Å². The van der Waals surface area contributed by atoms with Gasteiger partial charge in [-0.2, -0.15) is 0 Å². The van der Waals surface area contributed by atoms with Gasteiger partial charge < -0.3 is 9.47 Å². The molecular formula is C11H8ClNO5. The Balaban J connectivity index is 2.47. The third kappa shape index (κ3) is 2.43. The average Bonchev–Trinajstić information content (AvgIpc) is 2.28. The zero-order valence-electron chi connectivity index (χ0n) is 9.25. The van der Waals surface area contributed by atoms with Crippen LogP contribution in [0.25, 0.3) is 6.08 Å². The second-order valence-electron chi connectivity index (χ2n) is 3.57. The molecule has 1 heterocycles. The number of hydrogen-bond acceptors (Lipinski definition) is 5. The van der Waals surface area contributed by atoms with Gasteiger partial charge in [0.25, 0.3) is 6.29 Å². The van der Waals surface area contributed by atoms with Crippen molar-refractivity contribution in [1.82, 2.24) is 0 Å². The molecule has 1 aliphatic rings. The predicted octanol–water partition coefficient (Wildman–Crippen LogP) is 2.51. The Morgan fingerprint density at radius 3 is 2.89 bits per heavy atom. The predicted molar refractivity (Wildman–Crippen MR) is 62.0 cm³/mol. The van der Waals surface area contributed by atoms with E-state index in [0.29, 0.717) is 16.1 Å². The Hall–Kier alpha value is -2.08. The lowest BCUT2D eigenvalue weighted by molar-refractivity contribution is -0.472. The first-order chi connectivity index (χ1) is 8.47. The number of ether oxygens (including phenoxy) is 2. The third-order valence-corrected chi connectivity index (χ3v) is 2.50. The summed E-state index contributed by atoms with van der Waals surface area (Å²) >= 11 is 5.83. The molecule has 6 nitrogen and oxygen atoms in total. The van der Waals surface area contributed by atoms with Gasteiger partial charge in [-0.15, -0.1) is 0 Å². The number of nitro groups is 1. The zero-order valence-corrected chi connectivity index (χ0v) is 10.0. The van der Waals surface area contributed by atoms with Gasteiger partial charge in [-0.25, -0.2) is 0 Å². The molecule has 7 heteroatoms. The van der Waals surface area contributed by atoms with Gasteiger partial charge in [0.1, 0.15) is 4.92 Å². The fourth-order valence-electron chi connectivity index (χ4n) is 1.56. The first kappa shape index (κ1) is 12.4. The van der Waals surface area contributed by atoms with Crippen molar-refractivity contribution in [3.8, 4) is 0 Å². The minimum atomic E-state index is -1.15. The van der Waals surface area contributed by atoms with E-state index in [1.165, 1.54) is 19.1 Å². The fraction of sp³-hybridized carbons (Fsp3) is 0.182. The van der Waals surface area contributed by atoms with E-state index in [2.05, 4.69) is 0 Å². The lowest BCUT2D eigenvalue weighted by Crippen LogP contribution is -2.19. The van der Waals surface area contributed by atoms with Crippen molar-refractivity contribution in [2.24, 2.45) is 0 Å². The van der Waals surface area contributed by atoms with E-state index in [-0.39, 0.29) is 0 Å². The summed E-state index contributed by atoms with van der Waals surface area (Å²) in [5, 5.41) is 11.1. The smallest absolute Gasteiger partial charge is 0.421 e. The van der Waals surface area contributed by atoms with Crippen molar-refractivity contribution in [3.05, 3.63) is 50.3 Å². The molecule has 1 aromatic carbocycles. The Kier molecular flexibility index (Phi) is 3.20. The van der Waals surface area contributed by atoms with Crippen molar-refractivity contribution < 1.29 is 19.2 Å². The van der Waals surface area contributed by atoms with Crippen LogP contribution >= 0.6 is 11.6 Å². The van der Waals surface area contributed by atoms with Crippen LogP contribution in [0.4, 0.5) is 0 Å². The minimum Gasteiger partial charge on any atom is -0.421 e. The molecule has 0 spiro atoms. The molecule has 0 amide bonds. The summed E-state index contributed by atoms with van der Waals surface area (Å²) in [4.78, 5) is 21.0. The molecule has 0 saturated heterocycles. The molecule has 0 radical (unpaired) electrons. The highest BCUT2D eigenvalue weighted by Gasteiger charge is 2.30. The van der Waals surface area contributed by atoms with Crippen LogP contribution in [-0.4, -0.2) is 10.9 Å². The first-order valence-corrected chi connectivity index (χ1v) is 5.34. The van der Waals surface area contributed by atoms with Gasteiger partial charge in [0.05, 0.1) is 6.08 Å². The molecule has 1 aliphatic heterocycles. The van der Waals surface area contributed by atoms with Crippen LogP contribution in [0.1, 0.15) is 24.3 Å². The Labute approximate surface area is 107 Å². The van der Waals surface area contributed by atoms with Crippen LogP contribution in [0.2, 0.25) is 5.02 Å². The van der Waals surface area contributed by atoms with Crippen molar-refractivity contribution in [3.63, 3.8) is 0 Å². The van der Waals surface area contributed by atoms with Gasteiger partial charge in [-0.3, -0.25) is 14.9 Å². The quantitative estimate of drug-likeness (QED) is 0.468. The van der Waals surface area contributed by atoms with Crippen LogP contribution in [-0.2, 0) is 14.3 Å². The largest absolute Gasteiger partial charge is 0.431 e. The van der Waals surface area contributed by atoms with Crippen LogP contribution in [0.15, 0.2) is 24.1 Å². The molecule has 0 saturated carbocycles. The van der Waals surface area contributed by atoms with E-state index < -0.39 is 23.1 Å². The Morgan fingerprint density at radius 1 is 1.56 bits per heavy atom. The maximum Gasteiger partial charge on any atom is 0.431 e. The number of benzene rings is 1. The topological polar surface area (TPSA) is 78.7 Å². The standard InChI is InChI=1S/C11H8ClNO5/c1-6(14)17-11-9-5-8(12)3-2-7(9)4-10(18-11)13(15)16/h2-5,11H,1H3/t11-/m0/s1. The van der Waals surface area contributed by atoms with E-state index >= 15 is 0 Å². The molecule has 18 heavy (non-hydrogen) atoms. The molecule has 0 N–H and O–H groups in total. The van der Waals surface area contributed by atoms with E-state index in [1.54, 1.807) is 12.1 Å². The zero-order chi connectivity index (χ0) is 13.3. The number of carbonyl (C=O) groups is 1. The summed E-state index contributed by atoms with van der Waals surface area (Å²) in [5.41, 5.74) is 1.01. The second kappa shape index (κ2) is 4.66. The van der Waals surface area contributed by atoms with E-state index in [1.807, 2.05) is 0 Å². The number of esters is 1. The monoisotopic (exact) mass is 269 g/mol. The lowest BCUT2D eigenvalue weighted by Gasteiger charge is -2.22. The minimum absolute atomic E-state index is 0.424. The Morgan fingerprint density at radius 2 is 2.28 bits per heavy atom. The summed E-state index contributed by atoms with van der Waals surface area (Å²) in [5.74, 6) is -1.08. The SMILES string of the molecule is CC(=O)O[C@H]1OC([N+](=O)[O-])=Cc2ccc(Cl)cc21. The van der Waals surface area contributed by atoms with Gasteiger partial charge >= 0.3 is 11.9 Å². The number of carbonyl (C=O) groups excluding carboxylic acids is 1. The van der Waals surface area contributed by atoms with Crippen molar-refractivity contribution in [2.45, 2.75) is 13.2 Å². The van der Waals surface area contributed by atoms with Crippen molar-refractivity contribution in [2.75, 3.05) is 0 Å². The van der Waals surface area contributed by atoms with Gasteiger partial charge in [0.2, 0.25) is 0 Å². The van der Waals surface area contributed by atoms with Crippen LogP contribution in [0, 0.1) is 10.1 Å².